The Hall–Kier alpha value is -2.57. The lowest BCUT2D eigenvalue weighted by molar-refractivity contribution is -0.140. The van der Waals surface area contributed by atoms with Crippen molar-refractivity contribution in [3.8, 4) is 5.75 Å². The molecule has 0 unspecified atom stereocenters. The van der Waals surface area contributed by atoms with E-state index < -0.39 is 30.4 Å². The van der Waals surface area contributed by atoms with Crippen molar-refractivity contribution in [2.24, 2.45) is 0 Å². The van der Waals surface area contributed by atoms with Crippen LogP contribution in [0.2, 0.25) is 0 Å². The Morgan fingerprint density at radius 2 is 2.10 bits per heavy atom. The summed E-state index contributed by atoms with van der Waals surface area (Å²) in [6.07, 6.45) is -0.424. The zero-order valence-corrected chi connectivity index (χ0v) is 10.8. The van der Waals surface area contributed by atoms with Crippen molar-refractivity contribution in [2.75, 3.05) is 7.11 Å². The first kappa shape index (κ1) is 13.9. The van der Waals surface area contributed by atoms with E-state index in [0.717, 1.165) is 4.90 Å². The first-order chi connectivity index (χ1) is 9.52. The lowest BCUT2D eigenvalue weighted by Gasteiger charge is -2.15. The van der Waals surface area contributed by atoms with E-state index in [9.17, 15) is 14.4 Å². The molecule has 0 aliphatic carbocycles. The molecule has 1 aliphatic rings. The second-order valence-electron chi connectivity index (χ2n) is 4.34. The Bertz CT molecular complexity index is 557. The van der Waals surface area contributed by atoms with Crippen LogP contribution in [-0.4, -0.2) is 41.1 Å². The van der Waals surface area contributed by atoms with Gasteiger partial charge in [0.15, 0.2) is 0 Å². The summed E-state index contributed by atoms with van der Waals surface area (Å²) in [5.74, 6) is -1.11. The third-order valence-electron chi connectivity index (χ3n) is 3.01. The van der Waals surface area contributed by atoms with Gasteiger partial charge >= 0.3 is 12.0 Å². The van der Waals surface area contributed by atoms with Gasteiger partial charge < -0.3 is 15.2 Å². The number of rotatable bonds is 5. The Labute approximate surface area is 115 Å². The second-order valence-corrected chi connectivity index (χ2v) is 4.34. The number of carbonyl (C=O) groups is 3. The summed E-state index contributed by atoms with van der Waals surface area (Å²) in [6.45, 7) is 0.0464. The van der Waals surface area contributed by atoms with E-state index in [1.54, 1.807) is 24.3 Å². The zero-order chi connectivity index (χ0) is 14.7. The number of nitrogens with zero attached hydrogens (tertiary/aromatic N) is 1. The minimum atomic E-state index is -1.14. The van der Waals surface area contributed by atoms with Gasteiger partial charge in [0.1, 0.15) is 11.8 Å². The number of aliphatic carboxylic acids is 1. The molecular weight excluding hydrogens is 264 g/mol. The Morgan fingerprint density at radius 3 is 2.75 bits per heavy atom. The molecule has 1 atom stereocenters. The van der Waals surface area contributed by atoms with Gasteiger partial charge in [0.25, 0.3) is 5.91 Å². The van der Waals surface area contributed by atoms with Gasteiger partial charge in [0.05, 0.1) is 20.1 Å². The number of hydrogen-bond acceptors (Lipinski definition) is 4. The van der Waals surface area contributed by atoms with E-state index in [2.05, 4.69) is 5.32 Å². The minimum Gasteiger partial charge on any atom is -0.496 e. The maximum atomic E-state index is 12.0. The molecule has 1 aliphatic heterocycles. The number of ether oxygens (including phenoxy) is 1. The summed E-state index contributed by atoms with van der Waals surface area (Å²) < 4.78 is 5.15. The number of imide groups is 1. The van der Waals surface area contributed by atoms with Crippen molar-refractivity contribution in [3.63, 3.8) is 0 Å². The van der Waals surface area contributed by atoms with Crippen LogP contribution in [0.4, 0.5) is 4.79 Å². The molecule has 1 heterocycles. The molecule has 1 fully saturated rings. The van der Waals surface area contributed by atoms with Gasteiger partial charge in [-0.2, -0.15) is 0 Å². The van der Waals surface area contributed by atoms with Crippen molar-refractivity contribution in [1.82, 2.24) is 10.2 Å². The van der Waals surface area contributed by atoms with Crippen LogP contribution >= 0.6 is 0 Å². The molecule has 3 amide bonds. The van der Waals surface area contributed by atoms with E-state index in [4.69, 9.17) is 9.84 Å². The number of carboxylic acids is 1. The molecular formula is C13H14N2O5. The van der Waals surface area contributed by atoms with Gasteiger partial charge in [-0.15, -0.1) is 0 Å². The van der Waals surface area contributed by atoms with Gasteiger partial charge in [0.2, 0.25) is 0 Å². The number of carboxylic acid groups (broad SMARTS) is 1. The predicted molar refractivity (Wildman–Crippen MR) is 68.1 cm³/mol. The first-order valence-corrected chi connectivity index (χ1v) is 5.98. The van der Waals surface area contributed by atoms with E-state index in [1.807, 2.05) is 0 Å². The highest BCUT2D eigenvalue weighted by atomic mass is 16.5. The smallest absolute Gasteiger partial charge is 0.325 e. The molecule has 20 heavy (non-hydrogen) atoms. The lowest BCUT2D eigenvalue weighted by Crippen LogP contribution is -2.32. The quantitative estimate of drug-likeness (QED) is 0.768. The summed E-state index contributed by atoms with van der Waals surface area (Å²) in [5, 5.41) is 11.1. The molecule has 0 spiro atoms. The van der Waals surface area contributed by atoms with Gasteiger partial charge in [-0.3, -0.25) is 14.5 Å². The van der Waals surface area contributed by atoms with Crippen molar-refractivity contribution < 1.29 is 24.2 Å². The second kappa shape index (κ2) is 5.60. The third kappa shape index (κ3) is 2.71. The van der Waals surface area contributed by atoms with E-state index in [0.29, 0.717) is 11.3 Å². The topological polar surface area (TPSA) is 95.9 Å². The summed E-state index contributed by atoms with van der Waals surface area (Å²) in [4.78, 5) is 35.4. The molecule has 2 N–H and O–H groups in total. The fraction of sp³-hybridized carbons (Fsp3) is 0.308. The molecule has 1 saturated heterocycles. The lowest BCUT2D eigenvalue weighted by atomic mass is 10.1. The van der Waals surface area contributed by atoms with E-state index in [1.165, 1.54) is 7.11 Å². The largest absolute Gasteiger partial charge is 0.496 e. The van der Waals surface area contributed by atoms with Gasteiger partial charge in [-0.1, -0.05) is 18.2 Å². The highest BCUT2D eigenvalue weighted by Gasteiger charge is 2.39. The van der Waals surface area contributed by atoms with Crippen LogP contribution < -0.4 is 10.1 Å². The molecule has 106 valence electrons. The number of urea groups is 1. The molecule has 0 bridgehead atoms. The maximum Gasteiger partial charge on any atom is 0.325 e. The van der Waals surface area contributed by atoms with Crippen LogP contribution in [0, 0.1) is 0 Å². The monoisotopic (exact) mass is 278 g/mol. The molecule has 0 radical (unpaired) electrons. The van der Waals surface area contributed by atoms with Crippen molar-refractivity contribution in [3.05, 3.63) is 29.8 Å². The number of amides is 3. The number of methoxy groups -OCH3 is 1. The van der Waals surface area contributed by atoms with Crippen LogP contribution in [0.25, 0.3) is 0 Å². The maximum absolute atomic E-state index is 12.0. The summed E-state index contributed by atoms with van der Waals surface area (Å²) in [5.41, 5.74) is 0.675. The Balaban J connectivity index is 2.15. The SMILES string of the molecule is COc1ccccc1CN1C(=O)N[C@@H](CC(=O)O)C1=O. The standard InChI is InChI=1S/C13H14N2O5/c1-20-10-5-3-2-4-8(10)7-15-12(18)9(6-11(16)17)14-13(15)19/h2-5,9H,6-7H2,1H3,(H,14,19)(H,16,17)/t9-/m0/s1. The number of hydrogen-bond donors (Lipinski definition) is 2. The van der Waals surface area contributed by atoms with Gasteiger partial charge in [0, 0.05) is 5.56 Å². The van der Waals surface area contributed by atoms with Crippen LogP contribution in [0.15, 0.2) is 24.3 Å². The minimum absolute atomic E-state index is 0.0464. The van der Waals surface area contributed by atoms with Crippen molar-refractivity contribution >= 4 is 17.9 Å². The average Bonchev–Trinajstić information content (AvgIpc) is 2.66. The molecule has 1 aromatic rings. The fourth-order valence-electron chi connectivity index (χ4n) is 2.04. The summed E-state index contributed by atoms with van der Waals surface area (Å²) >= 11 is 0. The van der Waals surface area contributed by atoms with E-state index >= 15 is 0 Å². The normalized spacial score (nSPS) is 18.1. The van der Waals surface area contributed by atoms with Gasteiger partial charge in [-0.05, 0) is 6.07 Å². The molecule has 2 rings (SSSR count). The summed E-state index contributed by atoms with van der Waals surface area (Å²) in [6, 6.07) is 5.42. The molecule has 7 nitrogen and oxygen atoms in total. The molecule has 0 saturated carbocycles. The van der Waals surface area contributed by atoms with Crippen LogP contribution in [-0.2, 0) is 16.1 Å². The predicted octanol–water partition coefficient (Wildman–Crippen LogP) is 0.590. The fourth-order valence-corrected chi connectivity index (χ4v) is 2.04. The van der Waals surface area contributed by atoms with Crippen molar-refractivity contribution in [2.45, 2.75) is 19.0 Å². The average molecular weight is 278 g/mol. The first-order valence-electron chi connectivity index (χ1n) is 5.98. The zero-order valence-electron chi connectivity index (χ0n) is 10.8. The highest BCUT2D eigenvalue weighted by molar-refractivity contribution is 6.05. The third-order valence-corrected chi connectivity index (χ3v) is 3.01. The van der Waals surface area contributed by atoms with Gasteiger partial charge in [-0.25, -0.2) is 4.79 Å². The van der Waals surface area contributed by atoms with Crippen LogP contribution in [0.3, 0.4) is 0 Å². The highest BCUT2D eigenvalue weighted by Crippen LogP contribution is 2.21. The van der Waals surface area contributed by atoms with E-state index in [-0.39, 0.29) is 6.54 Å². The Kier molecular flexibility index (Phi) is 3.88. The molecule has 0 aromatic heterocycles. The summed E-state index contributed by atoms with van der Waals surface area (Å²) in [7, 11) is 1.50. The number of para-hydroxylation sites is 1. The molecule has 1 aromatic carbocycles. The molecule has 7 heteroatoms. The van der Waals surface area contributed by atoms with Crippen LogP contribution in [0.5, 0.6) is 5.75 Å². The number of carbonyl (C=O) groups excluding carboxylic acids is 2. The number of nitrogens with one attached hydrogen (secondary N) is 1. The van der Waals surface area contributed by atoms with Crippen molar-refractivity contribution in [1.29, 1.82) is 0 Å². The number of benzene rings is 1. The Morgan fingerprint density at radius 1 is 1.40 bits per heavy atom. The van der Waals surface area contributed by atoms with Crippen LogP contribution in [0.1, 0.15) is 12.0 Å².